The third kappa shape index (κ3) is 4.23. The van der Waals surface area contributed by atoms with Gasteiger partial charge in [0.15, 0.2) is 0 Å². The van der Waals surface area contributed by atoms with Crippen LogP contribution in [-0.2, 0) is 4.79 Å². The van der Waals surface area contributed by atoms with Gasteiger partial charge in [0, 0.05) is 41.4 Å². The fourth-order valence-electron chi connectivity index (χ4n) is 5.76. The van der Waals surface area contributed by atoms with Crippen molar-refractivity contribution in [3.8, 4) is 11.3 Å². The number of fused-ring (bicyclic) bond motifs is 4. The van der Waals surface area contributed by atoms with E-state index < -0.39 is 0 Å². The second kappa shape index (κ2) is 9.72. The van der Waals surface area contributed by atoms with Gasteiger partial charge in [-0.25, -0.2) is 4.98 Å². The van der Waals surface area contributed by atoms with E-state index in [1.807, 2.05) is 30.6 Å². The quantitative estimate of drug-likeness (QED) is 0.366. The average Bonchev–Trinajstić information content (AvgIpc) is 3.32. The van der Waals surface area contributed by atoms with E-state index in [9.17, 15) is 4.79 Å². The molecule has 0 saturated heterocycles. The van der Waals surface area contributed by atoms with E-state index >= 15 is 0 Å². The number of nitrogens with one attached hydrogen (secondary N) is 1. The Kier molecular flexibility index (Phi) is 6.13. The Labute approximate surface area is 210 Å². The van der Waals surface area contributed by atoms with Crippen molar-refractivity contribution >= 4 is 39.6 Å². The Hall–Kier alpha value is -3.74. The van der Waals surface area contributed by atoms with Gasteiger partial charge in [-0.2, -0.15) is 5.10 Å². The molecule has 184 valence electrons. The standard InChI is InChI=1S/C29H32N6O/c30-28-25-26(22-15-19-9-5-6-13-24(19)32-18-22)34-35-23-12-8-11-20(16-23)29(36)31-14-7-3-1-2-4-10-21(17-33-28)27(25)35/h4-6,9-10,13,15,17-18,20,23H,1-3,7-8,11-12,14,16H2,(H2,30,33)(H,31,36)/b10-4+/t20-,23-/m1/s1. The number of nitrogens with zero attached hydrogens (tertiary/aromatic N) is 4. The maximum Gasteiger partial charge on any atom is 0.223 e. The second-order valence-electron chi connectivity index (χ2n) is 10.1. The number of anilines is 1. The van der Waals surface area contributed by atoms with Crippen molar-refractivity contribution in [1.82, 2.24) is 25.1 Å². The smallest absolute Gasteiger partial charge is 0.223 e. The van der Waals surface area contributed by atoms with Gasteiger partial charge in [-0.1, -0.05) is 43.2 Å². The van der Waals surface area contributed by atoms with Gasteiger partial charge in [-0.05, 0) is 50.7 Å². The highest BCUT2D eigenvalue weighted by atomic mass is 16.1. The number of carbonyl (C=O) groups excluding carboxylic acids is 1. The molecule has 3 aromatic heterocycles. The van der Waals surface area contributed by atoms with Gasteiger partial charge in [0.1, 0.15) is 11.5 Å². The van der Waals surface area contributed by atoms with Crippen LogP contribution in [0.2, 0.25) is 0 Å². The van der Waals surface area contributed by atoms with Crippen LogP contribution in [0.5, 0.6) is 0 Å². The number of rotatable bonds is 1. The lowest BCUT2D eigenvalue weighted by Crippen LogP contribution is -2.35. The van der Waals surface area contributed by atoms with Crippen LogP contribution in [0.15, 0.2) is 48.8 Å². The van der Waals surface area contributed by atoms with E-state index in [2.05, 4.69) is 44.3 Å². The molecule has 1 amide bonds. The number of carbonyl (C=O) groups is 1. The summed E-state index contributed by atoms with van der Waals surface area (Å²) in [4.78, 5) is 22.2. The van der Waals surface area contributed by atoms with Gasteiger partial charge in [0.05, 0.1) is 22.5 Å². The monoisotopic (exact) mass is 480 g/mol. The number of nitrogen functional groups attached to an aromatic ring is 1. The van der Waals surface area contributed by atoms with Gasteiger partial charge >= 0.3 is 0 Å². The normalized spacial score (nSPS) is 22.1. The Balaban J connectivity index is 1.54. The molecule has 4 heterocycles. The first-order chi connectivity index (χ1) is 17.7. The number of para-hydroxylation sites is 1. The lowest BCUT2D eigenvalue weighted by molar-refractivity contribution is -0.126. The van der Waals surface area contributed by atoms with Crippen LogP contribution in [0.3, 0.4) is 0 Å². The second-order valence-corrected chi connectivity index (χ2v) is 10.1. The molecule has 6 rings (SSSR count). The molecular formula is C29H32N6O. The molecule has 2 atom stereocenters. The van der Waals surface area contributed by atoms with E-state index in [-0.39, 0.29) is 17.9 Å². The highest BCUT2D eigenvalue weighted by Crippen LogP contribution is 2.40. The minimum absolute atomic E-state index is 0.0112. The Bertz CT molecular complexity index is 1460. The van der Waals surface area contributed by atoms with Crippen LogP contribution in [0.4, 0.5) is 5.82 Å². The van der Waals surface area contributed by atoms with Gasteiger partial charge in [0.2, 0.25) is 5.91 Å². The molecular weight excluding hydrogens is 448 g/mol. The molecule has 36 heavy (non-hydrogen) atoms. The Morgan fingerprint density at radius 1 is 1.03 bits per heavy atom. The molecule has 0 unspecified atom stereocenters. The number of benzene rings is 1. The molecule has 7 nitrogen and oxygen atoms in total. The first kappa shape index (κ1) is 22.7. The van der Waals surface area contributed by atoms with Crippen molar-refractivity contribution in [3.63, 3.8) is 0 Å². The van der Waals surface area contributed by atoms with Crippen molar-refractivity contribution < 1.29 is 4.79 Å². The van der Waals surface area contributed by atoms with Crippen molar-refractivity contribution in [1.29, 1.82) is 0 Å². The number of allylic oxidation sites excluding steroid dienone is 1. The molecule has 1 aliphatic heterocycles. The predicted molar refractivity (Wildman–Crippen MR) is 144 cm³/mol. The van der Waals surface area contributed by atoms with Gasteiger partial charge in [0.25, 0.3) is 0 Å². The first-order valence-corrected chi connectivity index (χ1v) is 13.1. The summed E-state index contributed by atoms with van der Waals surface area (Å²) in [6, 6.07) is 10.3. The molecule has 7 heteroatoms. The number of nitrogens with two attached hydrogens (primary N) is 1. The number of hydrogen-bond donors (Lipinski definition) is 2. The van der Waals surface area contributed by atoms with Crippen LogP contribution < -0.4 is 11.1 Å². The summed E-state index contributed by atoms with van der Waals surface area (Å²) in [5.41, 5.74) is 11.2. The molecule has 1 aromatic carbocycles. The molecule has 3 N–H and O–H groups in total. The third-order valence-corrected chi connectivity index (χ3v) is 7.65. The summed E-state index contributed by atoms with van der Waals surface area (Å²) in [6.07, 6.45) is 16.0. The summed E-state index contributed by atoms with van der Waals surface area (Å²) in [5, 5.41) is 10.3. The average molecular weight is 481 g/mol. The summed E-state index contributed by atoms with van der Waals surface area (Å²) < 4.78 is 2.14. The van der Waals surface area contributed by atoms with Crippen LogP contribution in [0.1, 0.15) is 63.0 Å². The van der Waals surface area contributed by atoms with E-state index in [4.69, 9.17) is 10.8 Å². The van der Waals surface area contributed by atoms with Gasteiger partial charge in [-0.3, -0.25) is 14.5 Å². The third-order valence-electron chi connectivity index (χ3n) is 7.65. The zero-order chi connectivity index (χ0) is 24.5. The van der Waals surface area contributed by atoms with E-state index in [1.165, 1.54) is 0 Å². The molecule has 1 saturated carbocycles. The lowest BCUT2D eigenvalue weighted by atomic mass is 9.85. The fraction of sp³-hybridized carbons (Fsp3) is 0.379. The summed E-state index contributed by atoms with van der Waals surface area (Å²) in [5.74, 6) is 0.668. The number of hydrogen-bond acceptors (Lipinski definition) is 5. The molecule has 1 aliphatic carbocycles. The summed E-state index contributed by atoms with van der Waals surface area (Å²) >= 11 is 0. The minimum atomic E-state index is 0.0112. The predicted octanol–water partition coefficient (Wildman–Crippen LogP) is 5.66. The van der Waals surface area contributed by atoms with Gasteiger partial charge < -0.3 is 11.1 Å². The number of pyridine rings is 2. The van der Waals surface area contributed by atoms with Crippen LogP contribution in [0, 0.1) is 5.92 Å². The first-order valence-electron chi connectivity index (χ1n) is 13.1. The number of amides is 1. The van der Waals surface area contributed by atoms with E-state index in [1.54, 1.807) is 0 Å². The summed E-state index contributed by atoms with van der Waals surface area (Å²) in [6.45, 7) is 0.759. The lowest BCUT2D eigenvalue weighted by Gasteiger charge is -2.29. The molecule has 1 fully saturated rings. The van der Waals surface area contributed by atoms with Crippen LogP contribution in [0.25, 0.3) is 39.1 Å². The topological polar surface area (TPSA) is 98.7 Å². The van der Waals surface area contributed by atoms with Crippen LogP contribution >= 0.6 is 0 Å². The maximum atomic E-state index is 13.0. The zero-order valence-electron chi connectivity index (χ0n) is 20.5. The largest absolute Gasteiger partial charge is 0.383 e. The molecule has 0 radical (unpaired) electrons. The minimum Gasteiger partial charge on any atom is -0.383 e. The Morgan fingerprint density at radius 2 is 1.94 bits per heavy atom. The SMILES string of the molecule is Nc1ncc2c3c1c(-c1cnc4ccccc4c1)nn3[C@@H]1CCC[C@H](C1)C(=O)NCCCCC/C=C/2. The molecule has 2 aliphatic rings. The van der Waals surface area contributed by atoms with Crippen molar-refractivity contribution in [2.24, 2.45) is 5.92 Å². The number of aromatic nitrogens is 4. The van der Waals surface area contributed by atoms with Crippen LogP contribution in [-0.4, -0.2) is 32.2 Å². The van der Waals surface area contributed by atoms with Gasteiger partial charge in [-0.15, -0.1) is 0 Å². The van der Waals surface area contributed by atoms with E-state index in [0.29, 0.717) is 5.82 Å². The maximum absolute atomic E-state index is 13.0. The Morgan fingerprint density at radius 3 is 2.89 bits per heavy atom. The molecule has 0 spiro atoms. The van der Waals surface area contributed by atoms with Crippen molar-refractivity contribution in [3.05, 3.63) is 54.4 Å². The van der Waals surface area contributed by atoms with Crippen molar-refractivity contribution in [2.75, 3.05) is 12.3 Å². The van der Waals surface area contributed by atoms with E-state index in [0.717, 1.165) is 96.5 Å². The fourth-order valence-corrected chi connectivity index (χ4v) is 5.76. The highest BCUT2D eigenvalue weighted by Gasteiger charge is 2.31. The highest BCUT2D eigenvalue weighted by molar-refractivity contribution is 6.04. The van der Waals surface area contributed by atoms with Crippen molar-refractivity contribution in [2.45, 2.75) is 57.4 Å². The zero-order valence-corrected chi connectivity index (χ0v) is 20.5. The molecule has 2 bridgehead atoms. The summed E-state index contributed by atoms with van der Waals surface area (Å²) in [7, 11) is 0. The molecule has 4 aromatic rings.